The zero-order chi connectivity index (χ0) is 43.5. The first-order valence-electron chi connectivity index (χ1n) is 24.2. The van der Waals surface area contributed by atoms with Crippen molar-refractivity contribution >= 4 is 17.9 Å². The van der Waals surface area contributed by atoms with E-state index in [1.807, 2.05) is 0 Å². The number of benzene rings is 2. The van der Waals surface area contributed by atoms with E-state index >= 15 is 0 Å². The molecule has 0 unspecified atom stereocenters. The Morgan fingerprint density at radius 2 is 0.683 bits per heavy atom. The number of ether oxygens (including phenoxy) is 4. The predicted octanol–water partition coefficient (Wildman–Crippen LogP) is 15.2. The molecule has 0 radical (unpaired) electrons. The summed E-state index contributed by atoms with van der Waals surface area (Å²) in [6.07, 6.45) is 36.2. The van der Waals surface area contributed by atoms with Crippen molar-refractivity contribution in [1.29, 1.82) is 0 Å². The highest BCUT2D eigenvalue weighted by Gasteiger charge is 2.22. The Morgan fingerprint density at radius 3 is 1.00 bits per heavy atom. The van der Waals surface area contributed by atoms with E-state index in [1.54, 1.807) is 12.1 Å². The van der Waals surface area contributed by atoms with Gasteiger partial charge in [-0.3, -0.25) is 0 Å². The molecule has 0 saturated heterocycles. The molecule has 340 valence electrons. The van der Waals surface area contributed by atoms with E-state index in [-0.39, 0.29) is 22.4 Å². The summed E-state index contributed by atoms with van der Waals surface area (Å²) in [6, 6.07) is 6.50. The molecule has 9 nitrogen and oxygen atoms in total. The molecule has 60 heavy (non-hydrogen) atoms. The number of esters is 1. The standard InChI is InChI=1S/C51H82O9/c1-4-7-10-13-16-19-22-25-28-31-34-57-46-40-44(51(56)60-45-38-42(49(52)53)37-43(39-45)50(54)55)41-47(58-35-32-29-26-23-20-17-14-11-8-5-2)48(46)59-36-33-30-27-24-21-18-15-12-9-6-3/h37-41H,4-36H2,1-3H3,(H,52,53)(H,54,55). The SMILES string of the molecule is CCCCCCCCCCCCOc1cc(C(=O)Oc2cc(C(=O)O)cc(C(=O)O)c2)cc(OCCCCCCCCCCCC)c1OCCCCCCCCCCCC. The summed E-state index contributed by atoms with van der Waals surface area (Å²) in [6.45, 7) is 8.12. The average Bonchev–Trinajstić information content (AvgIpc) is 3.24. The van der Waals surface area contributed by atoms with Gasteiger partial charge in [0.25, 0.3) is 0 Å². The monoisotopic (exact) mass is 839 g/mol. The zero-order valence-electron chi connectivity index (χ0n) is 38.0. The highest BCUT2D eigenvalue weighted by molar-refractivity contribution is 5.96. The van der Waals surface area contributed by atoms with E-state index < -0.39 is 17.9 Å². The summed E-state index contributed by atoms with van der Waals surface area (Å²) in [5.74, 6) is -2.36. The van der Waals surface area contributed by atoms with Crippen LogP contribution in [0.1, 0.15) is 244 Å². The van der Waals surface area contributed by atoms with Crippen LogP contribution in [0.4, 0.5) is 0 Å². The third-order valence-electron chi connectivity index (χ3n) is 11.1. The molecule has 2 N–H and O–H groups in total. The molecule has 2 aromatic carbocycles. The minimum absolute atomic E-state index is 0.134. The van der Waals surface area contributed by atoms with Crippen molar-refractivity contribution in [2.24, 2.45) is 0 Å². The quantitative estimate of drug-likeness (QED) is 0.0383. The molecule has 0 spiro atoms. The van der Waals surface area contributed by atoms with E-state index in [0.717, 1.165) is 69.6 Å². The molecule has 2 aromatic rings. The molecule has 0 saturated carbocycles. The molecule has 0 atom stereocenters. The lowest BCUT2D eigenvalue weighted by atomic mass is 10.1. The number of carbonyl (C=O) groups excluding carboxylic acids is 1. The van der Waals surface area contributed by atoms with Gasteiger partial charge in [0.2, 0.25) is 5.75 Å². The first-order valence-corrected chi connectivity index (χ1v) is 24.2. The maximum Gasteiger partial charge on any atom is 0.343 e. The van der Waals surface area contributed by atoms with E-state index in [2.05, 4.69) is 20.8 Å². The minimum Gasteiger partial charge on any atom is -0.490 e. The topological polar surface area (TPSA) is 129 Å². The molecule has 9 heteroatoms. The van der Waals surface area contributed by atoms with Crippen molar-refractivity contribution in [3.63, 3.8) is 0 Å². The lowest BCUT2D eigenvalue weighted by Crippen LogP contribution is -2.13. The van der Waals surface area contributed by atoms with Crippen LogP contribution in [-0.4, -0.2) is 47.9 Å². The van der Waals surface area contributed by atoms with Crippen LogP contribution in [-0.2, 0) is 0 Å². The summed E-state index contributed by atoms with van der Waals surface area (Å²) in [5, 5.41) is 19.1. The lowest BCUT2D eigenvalue weighted by Gasteiger charge is -2.19. The van der Waals surface area contributed by atoms with E-state index in [0.29, 0.717) is 37.1 Å². The van der Waals surface area contributed by atoms with Crippen molar-refractivity contribution in [3.05, 3.63) is 47.0 Å². The Hall–Kier alpha value is -3.75. The smallest absolute Gasteiger partial charge is 0.343 e. The number of carbonyl (C=O) groups is 3. The molecule has 0 bridgehead atoms. The van der Waals surface area contributed by atoms with E-state index in [4.69, 9.17) is 18.9 Å². The van der Waals surface area contributed by atoms with Gasteiger partial charge in [0.05, 0.1) is 36.5 Å². The molecule has 0 aromatic heterocycles. The average molecular weight is 839 g/mol. The fraction of sp³-hybridized carbons (Fsp3) is 0.706. The Labute approximate surface area is 363 Å². The minimum atomic E-state index is -1.33. The summed E-state index contributed by atoms with van der Waals surface area (Å²) in [7, 11) is 0. The lowest BCUT2D eigenvalue weighted by molar-refractivity contribution is 0.0681. The van der Waals surface area contributed by atoms with Gasteiger partial charge in [-0.25, -0.2) is 14.4 Å². The highest BCUT2D eigenvalue weighted by atomic mass is 16.5. The summed E-state index contributed by atoms with van der Waals surface area (Å²) in [4.78, 5) is 37.2. The number of carboxylic acids is 2. The summed E-state index contributed by atoms with van der Waals surface area (Å²) < 4.78 is 24.8. The van der Waals surface area contributed by atoms with Gasteiger partial charge in [-0.05, 0) is 49.6 Å². The maximum atomic E-state index is 13.7. The Balaban J connectivity index is 2.20. The van der Waals surface area contributed by atoms with Crippen LogP contribution in [0.25, 0.3) is 0 Å². The van der Waals surface area contributed by atoms with Crippen molar-refractivity contribution in [2.75, 3.05) is 19.8 Å². The van der Waals surface area contributed by atoms with Crippen LogP contribution in [0.2, 0.25) is 0 Å². The summed E-state index contributed by atoms with van der Waals surface area (Å²) >= 11 is 0. The third-order valence-corrected chi connectivity index (χ3v) is 11.1. The third kappa shape index (κ3) is 24.5. The molecule has 0 amide bonds. The second-order valence-electron chi connectivity index (χ2n) is 16.6. The fourth-order valence-corrected chi connectivity index (χ4v) is 7.43. The fourth-order valence-electron chi connectivity index (χ4n) is 7.43. The van der Waals surface area contributed by atoms with Crippen LogP contribution in [0, 0.1) is 0 Å². The largest absolute Gasteiger partial charge is 0.490 e. The number of carboxylic acid groups (broad SMARTS) is 2. The predicted molar refractivity (Wildman–Crippen MR) is 244 cm³/mol. The van der Waals surface area contributed by atoms with Crippen LogP contribution >= 0.6 is 0 Å². The Kier molecular flexibility index (Phi) is 30.5. The van der Waals surface area contributed by atoms with Crippen molar-refractivity contribution in [2.45, 2.75) is 213 Å². The van der Waals surface area contributed by atoms with Gasteiger partial charge in [-0.1, -0.05) is 194 Å². The number of aromatic carboxylic acids is 2. The number of unbranched alkanes of at least 4 members (excludes halogenated alkanes) is 27. The van der Waals surface area contributed by atoms with Crippen LogP contribution in [0.5, 0.6) is 23.0 Å². The van der Waals surface area contributed by atoms with Crippen molar-refractivity contribution in [1.82, 2.24) is 0 Å². The second kappa shape index (κ2) is 34.9. The molecule has 2 rings (SSSR count). The molecule has 0 heterocycles. The van der Waals surface area contributed by atoms with Crippen molar-refractivity contribution < 1.29 is 43.5 Å². The summed E-state index contributed by atoms with van der Waals surface area (Å²) in [5.41, 5.74) is -0.459. The van der Waals surface area contributed by atoms with Crippen molar-refractivity contribution in [3.8, 4) is 23.0 Å². The molecule has 0 fully saturated rings. The van der Waals surface area contributed by atoms with Gasteiger partial charge in [-0.2, -0.15) is 0 Å². The molecule has 0 aliphatic heterocycles. The molecule has 0 aliphatic rings. The van der Waals surface area contributed by atoms with Gasteiger partial charge in [0.1, 0.15) is 5.75 Å². The van der Waals surface area contributed by atoms with Gasteiger partial charge in [0, 0.05) is 0 Å². The van der Waals surface area contributed by atoms with E-state index in [1.165, 1.54) is 141 Å². The number of hydrogen-bond donors (Lipinski definition) is 2. The Bertz CT molecular complexity index is 1360. The van der Waals surface area contributed by atoms with Crippen LogP contribution in [0.15, 0.2) is 30.3 Å². The Morgan fingerprint density at radius 1 is 0.383 bits per heavy atom. The van der Waals surface area contributed by atoms with Gasteiger partial charge in [-0.15, -0.1) is 0 Å². The second-order valence-corrected chi connectivity index (χ2v) is 16.6. The van der Waals surface area contributed by atoms with Gasteiger partial charge < -0.3 is 29.2 Å². The van der Waals surface area contributed by atoms with E-state index in [9.17, 15) is 24.6 Å². The van der Waals surface area contributed by atoms with Crippen LogP contribution in [0.3, 0.4) is 0 Å². The number of hydrogen-bond acceptors (Lipinski definition) is 7. The molecular formula is C51H82O9. The molecule has 0 aliphatic carbocycles. The number of rotatable bonds is 40. The molecular weight excluding hydrogens is 757 g/mol. The first kappa shape index (κ1) is 52.4. The van der Waals surface area contributed by atoms with Crippen LogP contribution < -0.4 is 18.9 Å². The highest BCUT2D eigenvalue weighted by Crippen LogP contribution is 2.40. The maximum absolute atomic E-state index is 13.7. The zero-order valence-corrected chi connectivity index (χ0v) is 38.0. The van der Waals surface area contributed by atoms with Gasteiger partial charge in [0.15, 0.2) is 11.5 Å². The van der Waals surface area contributed by atoms with Gasteiger partial charge >= 0.3 is 17.9 Å². The normalized spacial score (nSPS) is 11.1. The first-order chi connectivity index (χ1) is 29.3.